The zero-order valence-corrected chi connectivity index (χ0v) is 17.7. The van der Waals surface area contributed by atoms with Crippen LogP contribution >= 0.6 is 0 Å². The SMILES string of the molecule is Cc1ccc(C(O[SH](=O)=O)[C@H]2CN(c3ccc(N4CCOCC4=O)cc3)C(=O)O2)cc1. The molecule has 31 heavy (non-hydrogen) atoms. The van der Waals surface area contributed by atoms with Crippen LogP contribution in [0, 0.1) is 6.92 Å². The molecule has 0 radical (unpaired) electrons. The fraction of sp³-hybridized carbons (Fsp3) is 0.333. The molecule has 0 aliphatic carbocycles. The van der Waals surface area contributed by atoms with E-state index in [-0.39, 0.29) is 19.1 Å². The fourth-order valence-corrected chi connectivity index (χ4v) is 4.09. The number of ether oxygens (including phenoxy) is 2. The van der Waals surface area contributed by atoms with Gasteiger partial charge in [0.15, 0.2) is 6.10 Å². The van der Waals surface area contributed by atoms with Gasteiger partial charge in [-0.3, -0.25) is 13.9 Å². The van der Waals surface area contributed by atoms with Gasteiger partial charge in [0.25, 0.3) is 16.9 Å². The molecule has 2 fully saturated rings. The van der Waals surface area contributed by atoms with Crippen molar-refractivity contribution < 1.29 is 31.7 Å². The van der Waals surface area contributed by atoms with Crippen molar-refractivity contribution in [1.82, 2.24) is 0 Å². The van der Waals surface area contributed by atoms with Gasteiger partial charge in [-0.05, 0) is 36.8 Å². The molecule has 0 saturated carbocycles. The minimum atomic E-state index is -3.14. The minimum absolute atomic E-state index is 0.0459. The lowest BCUT2D eigenvalue weighted by Crippen LogP contribution is -2.41. The van der Waals surface area contributed by atoms with Crippen molar-refractivity contribution in [2.45, 2.75) is 19.1 Å². The summed E-state index contributed by atoms with van der Waals surface area (Å²) in [7, 11) is -3.14. The van der Waals surface area contributed by atoms with Crippen LogP contribution in [0.4, 0.5) is 16.2 Å². The summed E-state index contributed by atoms with van der Waals surface area (Å²) in [5, 5.41) is 0. The largest absolute Gasteiger partial charge is 0.441 e. The van der Waals surface area contributed by atoms with Crippen molar-refractivity contribution in [2.75, 3.05) is 36.1 Å². The molecule has 2 saturated heterocycles. The van der Waals surface area contributed by atoms with Gasteiger partial charge in [-0.2, -0.15) is 0 Å². The summed E-state index contributed by atoms with van der Waals surface area (Å²) in [6, 6.07) is 14.1. The summed E-state index contributed by atoms with van der Waals surface area (Å²) in [4.78, 5) is 27.6. The van der Waals surface area contributed by atoms with Crippen molar-refractivity contribution in [3.63, 3.8) is 0 Å². The predicted octanol–water partition coefficient (Wildman–Crippen LogP) is 1.97. The number of anilines is 2. The van der Waals surface area contributed by atoms with Gasteiger partial charge in [-0.1, -0.05) is 29.8 Å². The number of hydrogen-bond acceptors (Lipinski definition) is 7. The van der Waals surface area contributed by atoms with Gasteiger partial charge in [-0.15, -0.1) is 0 Å². The maximum absolute atomic E-state index is 12.5. The number of amides is 2. The Hall–Kier alpha value is -2.95. The van der Waals surface area contributed by atoms with E-state index in [0.717, 1.165) is 5.56 Å². The first kappa shape index (κ1) is 21.3. The number of carbonyl (C=O) groups is 2. The Bertz CT molecular complexity index is 1030. The number of thiol groups is 1. The lowest BCUT2D eigenvalue weighted by molar-refractivity contribution is -0.125. The van der Waals surface area contributed by atoms with E-state index < -0.39 is 29.3 Å². The zero-order valence-electron chi connectivity index (χ0n) is 16.8. The van der Waals surface area contributed by atoms with Crippen LogP contribution in [0.2, 0.25) is 0 Å². The van der Waals surface area contributed by atoms with E-state index >= 15 is 0 Å². The topological polar surface area (TPSA) is 102 Å². The van der Waals surface area contributed by atoms with E-state index in [1.54, 1.807) is 41.3 Å². The number of hydrogen-bond donors (Lipinski definition) is 1. The monoisotopic (exact) mass is 446 g/mol. The predicted molar refractivity (Wildman–Crippen MR) is 113 cm³/mol. The standard InChI is InChI=1S/C21H22N2O7S/c1-14-2-4-15(5-3-14)20(30-31(26)27)18-12-23(21(25)29-18)17-8-6-16(7-9-17)22-10-11-28-13-19(22)24/h2-9,18,20,31H,10-13H2,1H3/t18-,20?/m1/s1. The number of benzene rings is 2. The molecule has 2 aromatic carbocycles. The van der Waals surface area contributed by atoms with E-state index in [1.807, 2.05) is 19.1 Å². The van der Waals surface area contributed by atoms with Crippen molar-refractivity contribution in [3.8, 4) is 0 Å². The first-order valence-corrected chi connectivity index (χ1v) is 10.9. The zero-order chi connectivity index (χ0) is 22.0. The summed E-state index contributed by atoms with van der Waals surface area (Å²) >= 11 is 0. The highest BCUT2D eigenvalue weighted by molar-refractivity contribution is 7.67. The molecule has 2 atom stereocenters. The molecule has 2 aliphatic rings. The number of morpholine rings is 1. The number of aryl methyl sites for hydroxylation is 1. The Morgan fingerprint density at radius 2 is 1.65 bits per heavy atom. The molecule has 0 bridgehead atoms. The molecular formula is C21H22N2O7S. The molecule has 2 heterocycles. The van der Waals surface area contributed by atoms with Crippen molar-refractivity contribution in [2.24, 2.45) is 0 Å². The second kappa shape index (κ2) is 9.04. The van der Waals surface area contributed by atoms with Crippen LogP contribution < -0.4 is 9.80 Å². The fourth-order valence-electron chi connectivity index (χ4n) is 3.65. The van der Waals surface area contributed by atoms with Crippen LogP contribution in [0.3, 0.4) is 0 Å². The third-order valence-electron chi connectivity index (χ3n) is 5.24. The number of carbonyl (C=O) groups excluding carboxylic acids is 2. The van der Waals surface area contributed by atoms with E-state index in [9.17, 15) is 18.0 Å². The van der Waals surface area contributed by atoms with Crippen LogP contribution in [0.5, 0.6) is 0 Å². The number of rotatable bonds is 6. The summed E-state index contributed by atoms with van der Waals surface area (Å²) in [6.07, 6.45) is -2.34. The van der Waals surface area contributed by atoms with Crippen LogP contribution in [-0.2, 0) is 29.4 Å². The molecule has 164 valence electrons. The minimum Gasteiger partial charge on any atom is -0.441 e. The maximum Gasteiger partial charge on any atom is 0.414 e. The van der Waals surface area contributed by atoms with E-state index in [1.165, 1.54) is 4.90 Å². The second-order valence-electron chi connectivity index (χ2n) is 7.31. The average Bonchev–Trinajstić information content (AvgIpc) is 3.14. The molecule has 0 spiro atoms. The van der Waals surface area contributed by atoms with Crippen molar-refractivity contribution in [3.05, 3.63) is 59.7 Å². The molecule has 2 aromatic rings. The average molecular weight is 446 g/mol. The first-order valence-electron chi connectivity index (χ1n) is 9.76. The first-order chi connectivity index (χ1) is 14.9. The Balaban J connectivity index is 1.52. The van der Waals surface area contributed by atoms with Crippen molar-refractivity contribution >= 4 is 34.4 Å². The molecule has 0 N–H and O–H groups in total. The van der Waals surface area contributed by atoms with Crippen LogP contribution in [0.15, 0.2) is 48.5 Å². The summed E-state index contributed by atoms with van der Waals surface area (Å²) in [5.74, 6) is -0.121. The third kappa shape index (κ3) is 4.71. The summed E-state index contributed by atoms with van der Waals surface area (Å²) < 4.78 is 38.2. The van der Waals surface area contributed by atoms with Gasteiger partial charge < -0.3 is 14.4 Å². The smallest absolute Gasteiger partial charge is 0.414 e. The Morgan fingerprint density at radius 1 is 1.00 bits per heavy atom. The van der Waals surface area contributed by atoms with E-state index in [4.69, 9.17) is 13.7 Å². The molecule has 4 rings (SSSR count). The molecule has 2 aliphatic heterocycles. The Labute approximate surface area is 181 Å². The van der Waals surface area contributed by atoms with Crippen molar-refractivity contribution in [1.29, 1.82) is 0 Å². The van der Waals surface area contributed by atoms with Crippen LogP contribution in [-0.4, -0.2) is 52.8 Å². The third-order valence-corrected chi connectivity index (χ3v) is 5.64. The lowest BCUT2D eigenvalue weighted by Gasteiger charge is -2.27. The lowest BCUT2D eigenvalue weighted by atomic mass is 10.0. The van der Waals surface area contributed by atoms with Gasteiger partial charge in [0.05, 0.1) is 13.2 Å². The van der Waals surface area contributed by atoms with E-state index in [2.05, 4.69) is 0 Å². The highest BCUT2D eigenvalue weighted by Crippen LogP contribution is 2.32. The normalized spacial score (nSPS) is 20.3. The van der Waals surface area contributed by atoms with Crippen LogP contribution in [0.25, 0.3) is 0 Å². The molecule has 9 nitrogen and oxygen atoms in total. The Kier molecular flexibility index (Phi) is 6.21. The number of cyclic esters (lactones) is 1. The quantitative estimate of drug-likeness (QED) is 0.677. The van der Waals surface area contributed by atoms with Gasteiger partial charge in [0, 0.05) is 17.9 Å². The van der Waals surface area contributed by atoms with E-state index in [0.29, 0.717) is 30.1 Å². The van der Waals surface area contributed by atoms with Crippen LogP contribution in [0.1, 0.15) is 17.2 Å². The maximum atomic E-state index is 12.5. The number of nitrogens with zero attached hydrogens (tertiary/aromatic N) is 2. The van der Waals surface area contributed by atoms with Gasteiger partial charge in [0.1, 0.15) is 12.7 Å². The molecular weight excluding hydrogens is 424 g/mol. The summed E-state index contributed by atoms with van der Waals surface area (Å²) in [5.41, 5.74) is 2.90. The molecule has 0 aromatic heterocycles. The molecule has 1 unspecified atom stereocenters. The molecule has 2 amide bonds. The van der Waals surface area contributed by atoms with Gasteiger partial charge in [-0.25, -0.2) is 13.2 Å². The Morgan fingerprint density at radius 3 is 2.26 bits per heavy atom. The van der Waals surface area contributed by atoms with Gasteiger partial charge >= 0.3 is 6.09 Å². The molecule has 10 heteroatoms. The highest BCUT2D eigenvalue weighted by atomic mass is 32.2. The highest BCUT2D eigenvalue weighted by Gasteiger charge is 2.39. The second-order valence-corrected chi connectivity index (χ2v) is 7.97. The van der Waals surface area contributed by atoms with Gasteiger partial charge in [0.2, 0.25) is 0 Å². The summed E-state index contributed by atoms with van der Waals surface area (Å²) in [6.45, 7) is 3.02.